The Hall–Kier alpha value is -1.51. The van der Waals surface area contributed by atoms with Crippen LogP contribution in [0.5, 0.6) is 0 Å². The number of rotatable bonds is 5. The van der Waals surface area contributed by atoms with Crippen molar-refractivity contribution in [3.63, 3.8) is 0 Å². The molecule has 0 aliphatic rings. The number of ether oxygens (including phenoxy) is 1. The van der Waals surface area contributed by atoms with Crippen molar-refractivity contribution < 1.29 is 9.53 Å². The lowest BCUT2D eigenvalue weighted by Crippen LogP contribution is -2.37. The summed E-state index contributed by atoms with van der Waals surface area (Å²) < 4.78 is 5.32. The molecule has 1 atom stereocenters. The third-order valence-electron chi connectivity index (χ3n) is 2.91. The van der Waals surface area contributed by atoms with E-state index in [-0.39, 0.29) is 36.0 Å². The van der Waals surface area contributed by atoms with Crippen LogP contribution in [0.15, 0.2) is 35.3 Å². The maximum Gasteiger partial charge on any atom is 0.410 e. The summed E-state index contributed by atoms with van der Waals surface area (Å²) in [6.45, 7) is 8.64. The van der Waals surface area contributed by atoms with Gasteiger partial charge in [0.2, 0.25) is 0 Å². The van der Waals surface area contributed by atoms with Crippen LogP contribution in [0.3, 0.4) is 0 Å². The van der Waals surface area contributed by atoms with Gasteiger partial charge in [0, 0.05) is 25.8 Å². The van der Waals surface area contributed by atoms with Gasteiger partial charge in [-0.3, -0.25) is 4.99 Å². The van der Waals surface area contributed by atoms with E-state index in [9.17, 15) is 4.79 Å². The van der Waals surface area contributed by atoms with Crippen LogP contribution in [0.25, 0.3) is 0 Å². The van der Waals surface area contributed by atoms with Gasteiger partial charge in [-0.05, 0) is 38.8 Å². The highest BCUT2D eigenvalue weighted by Gasteiger charge is 2.20. The zero-order chi connectivity index (χ0) is 17.5. The highest BCUT2D eigenvalue weighted by molar-refractivity contribution is 14.0. The number of nitrogens with two attached hydrogens (primary N) is 1. The molecular formula is C17H29IN4O2. The summed E-state index contributed by atoms with van der Waals surface area (Å²) in [6, 6.07) is 9.62. The van der Waals surface area contributed by atoms with E-state index in [1.54, 1.807) is 11.9 Å². The fraction of sp³-hybridized carbons (Fsp3) is 0.529. The lowest BCUT2D eigenvalue weighted by molar-refractivity contribution is 0.0279. The maximum absolute atomic E-state index is 11.9. The number of nitrogens with one attached hydrogen (secondary N) is 1. The SMILES string of the molecule is CC(CN=C(N)Nc1ccccc1)CN(C)C(=O)OC(C)(C)C.I. The molecule has 3 N–H and O–H groups in total. The first kappa shape index (κ1) is 22.5. The number of amides is 1. The highest BCUT2D eigenvalue weighted by Crippen LogP contribution is 2.10. The van der Waals surface area contributed by atoms with Crippen LogP contribution in [-0.4, -0.2) is 42.7 Å². The quantitative estimate of drug-likeness (QED) is 0.410. The molecule has 0 heterocycles. The number of anilines is 1. The second-order valence-electron chi connectivity index (χ2n) is 6.68. The molecule has 7 heteroatoms. The molecule has 1 aromatic rings. The van der Waals surface area contributed by atoms with E-state index in [1.165, 1.54) is 0 Å². The van der Waals surface area contributed by atoms with Crippen molar-refractivity contribution in [2.75, 3.05) is 25.5 Å². The van der Waals surface area contributed by atoms with Crippen molar-refractivity contribution in [2.45, 2.75) is 33.3 Å². The molecular weight excluding hydrogens is 419 g/mol. The topological polar surface area (TPSA) is 80.0 Å². The Morgan fingerprint density at radius 1 is 1.33 bits per heavy atom. The Bertz CT molecular complexity index is 529. The van der Waals surface area contributed by atoms with Crippen LogP contribution >= 0.6 is 24.0 Å². The van der Waals surface area contributed by atoms with Crippen LogP contribution in [0, 0.1) is 5.92 Å². The first-order chi connectivity index (χ1) is 10.7. The van der Waals surface area contributed by atoms with E-state index in [2.05, 4.69) is 10.3 Å². The fourth-order valence-corrected chi connectivity index (χ4v) is 1.90. The smallest absolute Gasteiger partial charge is 0.410 e. The van der Waals surface area contributed by atoms with Gasteiger partial charge in [-0.15, -0.1) is 24.0 Å². The minimum Gasteiger partial charge on any atom is -0.444 e. The van der Waals surface area contributed by atoms with Crippen molar-refractivity contribution in [1.29, 1.82) is 0 Å². The number of aliphatic imine (C=N–C) groups is 1. The van der Waals surface area contributed by atoms with Crippen LogP contribution in [0.1, 0.15) is 27.7 Å². The van der Waals surface area contributed by atoms with Gasteiger partial charge in [0.1, 0.15) is 5.60 Å². The fourth-order valence-electron chi connectivity index (χ4n) is 1.90. The number of carbonyl (C=O) groups excluding carboxylic acids is 1. The number of para-hydroxylation sites is 1. The molecule has 0 aliphatic heterocycles. The van der Waals surface area contributed by atoms with Crippen molar-refractivity contribution in [2.24, 2.45) is 16.6 Å². The van der Waals surface area contributed by atoms with Gasteiger partial charge in [0.25, 0.3) is 0 Å². The number of hydrogen-bond acceptors (Lipinski definition) is 3. The third-order valence-corrected chi connectivity index (χ3v) is 2.91. The maximum atomic E-state index is 11.9. The average Bonchev–Trinajstić information content (AvgIpc) is 2.44. The van der Waals surface area contributed by atoms with E-state index in [0.29, 0.717) is 19.0 Å². The largest absolute Gasteiger partial charge is 0.444 e. The second-order valence-corrected chi connectivity index (χ2v) is 6.68. The van der Waals surface area contributed by atoms with Crippen LogP contribution in [-0.2, 0) is 4.74 Å². The predicted octanol–water partition coefficient (Wildman–Crippen LogP) is 3.53. The standard InChI is InChI=1S/C17H28N4O2.HI/c1-13(12-21(5)16(22)23-17(2,3)4)11-19-15(18)20-14-9-7-6-8-10-14;/h6-10,13H,11-12H2,1-5H3,(H3,18,19,20);1H. The van der Waals surface area contributed by atoms with Crippen molar-refractivity contribution in [3.05, 3.63) is 30.3 Å². The first-order valence-electron chi connectivity index (χ1n) is 7.73. The van der Waals surface area contributed by atoms with Gasteiger partial charge in [-0.2, -0.15) is 0 Å². The van der Waals surface area contributed by atoms with Gasteiger partial charge in [0.05, 0.1) is 0 Å². The second kappa shape index (κ2) is 10.4. The summed E-state index contributed by atoms with van der Waals surface area (Å²) >= 11 is 0. The normalized spacial score (nSPS) is 12.8. The van der Waals surface area contributed by atoms with Crippen LogP contribution in [0.4, 0.5) is 10.5 Å². The predicted molar refractivity (Wildman–Crippen MR) is 110 cm³/mol. The van der Waals surface area contributed by atoms with Crippen molar-refractivity contribution in [3.8, 4) is 0 Å². The Morgan fingerprint density at radius 2 is 1.92 bits per heavy atom. The molecule has 1 aromatic carbocycles. The van der Waals surface area contributed by atoms with Gasteiger partial charge in [-0.25, -0.2) is 4.79 Å². The summed E-state index contributed by atoms with van der Waals surface area (Å²) in [4.78, 5) is 17.8. The van der Waals surface area contributed by atoms with E-state index in [1.807, 2.05) is 58.0 Å². The average molecular weight is 448 g/mol. The first-order valence-corrected chi connectivity index (χ1v) is 7.73. The van der Waals surface area contributed by atoms with Gasteiger partial charge in [-0.1, -0.05) is 25.1 Å². The number of carbonyl (C=O) groups is 1. The molecule has 1 unspecified atom stereocenters. The van der Waals surface area contributed by atoms with Crippen molar-refractivity contribution in [1.82, 2.24) is 4.90 Å². The van der Waals surface area contributed by atoms with Gasteiger partial charge >= 0.3 is 6.09 Å². The lowest BCUT2D eigenvalue weighted by Gasteiger charge is -2.26. The summed E-state index contributed by atoms with van der Waals surface area (Å²) in [5.41, 5.74) is 6.27. The third kappa shape index (κ3) is 9.59. The molecule has 1 amide bonds. The number of hydrogen-bond donors (Lipinski definition) is 2. The highest BCUT2D eigenvalue weighted by atomic mass is 127. The molecule has 24 heavy (non-hydrogen) atoms. The van der Waals surface area contributed by atoms with Crippen LogP contribution in [0.2, 0.25) is 0 Å². The minimum atomic E-state index is -0.489. The Balaban J connectivity index is 0.00000529. The summed E-state index contributed by atoms with van der Waals surface area (Å²) in [5, 5.41) is 3.03. The molecule has 0 aliphatic carbocycles. The van der Waals surface area contributed by atoms with E-state index in [0.717, 1.165) is 5.69 Å². The van der Waals surface area contributed by atoms with Gasteiger partial charge < -0.3 is 20.7 Å². The molecule has 0 saturated heterocycles. The molecule has 0 spiro atoms. The molecule has 0 radical (unpaired) electrons. The van der Waals surface area contributed by atoms with E-state index < -0.39 is 5.60 Å². The molecule has 0 fully saturated rings. The summed E-state index contributed by atoms with van der Waals surface area (Å²) in [6.07, 6.45) is -0.330. The summed E-state index contributed by atoms with van der Waals surface area (Å²) in [7, 11) is 1.72. The Morgan fingerprint density at radius 3 is 2.46 bits per heavy atom. The molecule has 136 valence electrons. The van der Waals surface area contributed by atoms with E-state index >= 15 is 0 Å². The van der Waals surface area contributed by atoms with Crippen molar-refractivity contribution >= 4 is 41.7 Å². The number of nitrogens with zero attached hydrogens (tertiary/aromatic N) is 2. The molecule has 1 rings (SSSR count). The molecule has 0 bridgehead atoms. The van der Waals surface area contributed by atoms with E-state index in [4.69, 9.17) is 10.5 Å². The Kier molecular flexibility index (Phi) is 9.72. The molecule has 6 nitrogen and oxygen atoms in total. The van der Waals surface area contributed by atoms with Gasteiger partial charge in [0.15, 0.2) is 5.96 Å². The Labute approximate surface area is 161 Å². The van der Waals surface area contributed by atoms with Crippen LogP contribution < -0.4 is 11.1 Å². The molecule has 0 saturated carbocycles. The molecule has 0 aromatic heterocycles. The monoisotopic (exact) mass is 448 g/mol. The minimum absolute atomic E-state index is 0. The lowest BCUT2D eigenvalue weighted by atomic mass is 10.2. The number of benzene rings is 1. The number of halogens is 1. The number of guanidine groups is 1. The summed E-state index contributed by atoms with van der Waals surface area (Å²) in [5.74, 6) is 0.534. The zero-order valence-electron chi connectivity index (χ0n) is 15.1. The zero-order valence-corrected chi connectivity index (χ0v) is 17.4.